The van der Waals surface area contributed by atoms with Gasteiger partial charge in [-0.15, -0.1) is 0 Å². The fraction of sp³-hybridized carbons (Fsp3) is 0.897. The standard InChI is InChI=1S/C29H44O9/c1-14(2)20-10-17-11-28(26-35-8-9-36-26)19-7-6-15(3)18(19)12-27(17,29(20,28)25(32)33)13-37-24-22(31)21(30)23(34-5)16(4)38-24/h10,14-19,21-24,26,30-31H,6-9,11-13H2,1-5H3,(H,32,33)/t15?,16-,17?,18?,19?,21+,22+,23-,24-,27?,28?,29?/m1/s1. The Labute approximate surface area is 224 Å². The first kappa shape index (κ1) is 27.1. The summed E-state index contributed by atoms with van der Waals surface area (Å²) in [5.74, 6) is 0.189. The molecule has 4 aliphatic carbocycles. The molecule has 3 saturated carbocycles. The number of allylic oxidation sites excluding steroid dienone is 1. The third-order valence-electron chi connectivity index (χ3n) is 11.5. The van der Waals surface area contributed by atoms with Crippen LogP contribution in [0.25, 0.3) is 0 Å². The summed E-state index contributed by atoms with van der Waals surface area (Å²) < 4.78 is 30.2. The quantitative estimate of drug-likeness (QED) is 0.421. The first-order valence-corrected chi connectivity index (χ1v) is 14.4. The van der Waals surface area contributed by atoms with Gasteiger partial charge in [0.05, 0.1) is 25.9 Å². The molecule has 2 heterocycles. The lowest BCUT2D eigenvalue weighted by atomic mass is 9.42. The van der Waals surface area contributed by atoms with Gasteiger partial charge in [0.1, 0.15) is 23.7 Å². The van der Waals surface area contributed by atoms with Gasteiger partial charge in [0, 0.05) is 17.9 Å². The van der Waals surface area contributed by atoms with Crippen LogP contribution in [0, 0.1) is 45.8 Å². The van der Waals surface area contributed by atoms with Crippen molar-refractivity contribution < 1.29 is 43.8 Å². The number of fused-ring (bicyclic) bond motifs is 2. The minimum absolute atomic E-state index is 0.0172. The fourth-order valence-electron chi connectivity index (χ4n) is 10.2. The molecule has 9 nitrogen and oxygen atoms in total. The molecule has 0 aromatic carbocycles. The summed E-state index contributed by atoms with van der Waals surface area (Å²) in [4.78, 5) is 13.9. The van der Waals surface area contributed by atoms with Gasteiger partial charge in [0.25, 0.3) is 0 Å². The number of carboxylic acids is 1. The number of carboxylic acid groups (broad SMARTS) is 1. The second kappa shape index (κ2) is 9.23. The van der Waals surface area contributed by atoms with Crippen molar-refractivity contribution in [3.05, 3.63) is 11.6 Å². The molecule has 12 atom stereocenters. The summed E-state index contributed by atoms with van der Waals surface area (Å²) in [6.45, 7) is 9.29. The average molecular weight is 537 g/mol. The van der Waals surface area contributed by atoms with E-state index in [4.69, 9.17) is 23.7 Å². The van der Waals surface area contributed by atoms with E-state index in [1.165, 1.54) is 7.11 Å². The van der Waals surface area contributed by atoms with E-state index in [1.807, 2.05) is 0 Å². The highest BCUT2D eigenvalue weighted by Gasteiger charge is 2.86. The molecule has 0 aromatic rings. The Morgan fingerprint density at radius 3 is 2.47 bits per heavy atom. The summed E-state index contributed by atoms with van der Waals surface area (Å²) in [5.41, 5.74) is -1.67. The summed E-state index contributed by atoms with van der Waals surface area (Å²) in [7, 11) is 1.47. The Hall–Kier alpha value is -1.07. The van der Waals surface area contributed by atoms with E-state index in [-0.39, 0.29) is 24.4 Å². The second-order valence-corrected chi connectivity index (χ2v) is 13.1. The molecule has 3 N–H and O–H groups in total. The zero-order valence-electron chi connectivity index (χ0n) is 23.2. The molecule has 7 unspecified atom stereocenters. The first-order chi connectivity index (χ1) is 18.1. The molecule has 6 aliphatic rings. The number of aliphatic carboxylic acids is 1. The minimum Gasteiger partial charge on any atom is -0.481 e. The predicted molar refractivity (Wildman–Crippen MR) is 135 cm³/mol. The second-order valence-electron chi connectivity index (χ2n) is 13.1. The normalized spacial score (nSPS) is 52.0. The van der Waals surface area contributed by atoms with Gasteiger partial charge in [-0.25, -0.2) is 0 Å². The Morgan fingerprint density at radius 1 is 1.13 bits per heavy atom. The van der Waals surface area contributed by atoms with Gasteiger partial charge in [-0.2, -0.15) is 0 Å². The van der Waals surface area contributed by atoms with Crippen molar-refractivity contribution in [3.8, 4) is 0 Å². The molecule has 5 fully saturated rings. The van der Waals surface area contributed by atoms with Crippen LogP contribution in [0.5, 0.6) is 0 Å². The summed E-state index contributed by atoms with van der Waals surface area (Å²) in [6, 6.07) is 0. The number of hydrogen-bond acceptors (Lipinski definition) is 8. The molecule has 0 spiro atoms. The highest BCUT2D eigenvalue weighted by Crippen LogP contribution is 2.84. The number of carbonyl (C=O) groups is 1. The van der Waals surface area contributed by atoms with Crippen molar-refractivity contribution >= 4 is 5.97 Å². The maximum Gasteiger partial charge on any atom is 0.315 e. The van der Waals surface area contributed by atoms with E-state index < -0.39 is 59.2 Å². The van der Waals surface area contributed by atoms with Crippen molar-refractivity contribution in [3.63, 3.8) is 0 Å². The zero-order valence-corrected chi connectivity index (χ0v) is 23.2. The summed E-state index contributed by atoms with van der Waals surface area (Å²) in [5, 5.41) is 33.0. The monoisotopic (exact) mass is 536 g/mol. The fourth-order valence-corrected chi connectivity index (χ4v) is 10.2. The van der Waals surface area contributed by atoms with E-state index >= 15 is 0 Å². The van der Waals surface area contributed by atoms with Crippen LogP contribution in [0.4, 0.5) is 0 Å². The van der Waals surface area contributed by atoms with Crippen LogP contribution in [-0.4, -0.2) is 85.2 Å². The Kier molecular flexibility index (Phi) is 6.58. The number of methoxy groups -OCH3 is 1. The van der Waals surface area contributed by atoms with Gasteiger partial charge >= 0.3 is 5.97 Å². The zero-order chi connectivity index (χ0) is 27.2. The highest BCUT2D eigenvalue weighted by atomic mass is 16.7. The molecule has 214 valence electrons. The van der Waals surface area contributed by atoms with Crippen molar-refractivity contribution in [1.82, 2.24) is 0 Å². The highest BCUT2D eigenvalue weighted by molar-refractivity contribution is 5.85. The van der Waals surface area contributed by atoms with Crippen molar-refractivity contribution in [2.24, 2.45) is 45.8 Å². The summed E-state index contributed by atoms with van der Waals surface area (Å²) in [6.07, 6.45) is 0.387. The lowest BCUT2D eigenvalue weighted by Crippen LogP contribution is -2.67. The Morgan fingerprint density at radius 2 is 1.84 bits per heavy atom. The van der Waals surface area contributed by atoms with Gasteiger partial charge in [0.2, 0.25) is 0 Å². The lowest BCUT2D eigenvalue weighted by Gasteiger charge is -2.61. The van der Waals surface area contributed by atoms with E-state index in [0.717, 1.165) is 24.8 Å². The van der Waals surface area contributed by atoms with Crippen LogP contribution < -0.4 is 0 Å². The third kappa shape index (κ3) is 3.15. The first-order valence-electron chi connectivity index (χ1n) is 14.4. The Balaban J connectivity index is 1.45. The Bertz CT molecular complexity index is 977. The van der Waals surface area contributed by atoms with Crippen LogP contribution in [0.1, 0.15) is 53.4 Å². The topological polar surface area (TPSA) is 124 Å². The summed E-state index contributed by atoms with van der Waals surface area (Å²) >= 11 is 0. The molecule has 38 heavy (non-hydrogen) atoms. The van der Waals surface area contributed by atoms with Gasteiger partial charge in [0.15, 0.2) is 12.6 Å². The van der Waals surface area contributed by atoms with Gasteiger partial charge in [-0.1, -0.05) is 38.8 Å². The molecule has 4 bridgehead atoms. The van der Waals surface area contributed by atoms with E-state index in [0.29, 0.717) is 31.5 Å². The third-order valence-corrected chi connectivity index (χ3v) is 11.5. The molecule has 0 radical (unpaired) electrons. The number of rotatable bonds is 7. The SMILES string of the molecule is CO[C@H]1[C@@H](O)[C@H](O)[C@H](OCC23CC4C(C)CCC4C4(C5OCCO5)CC2C=C(C(C)C)C34C(=O)O)O[C@@H]1C. The molecule has 6 rings (SSSR count). The number of aliphatic hydroxyl groups excluding tert-OH is 2. The predicted octanol–water partition coefficient (Wildman–Crippen LogP) is 2.58. The van der Waals surface area contributed by atoms with Crippen LogP contribution in [0.15, 0.2) is 11.6 Å². The van der Waals surface area contributed by atoms with Crippen molar-refractivity contribution in [2.45, 2.75) is 90.4 Å². The van der Waals surface area contributed by atoms with Crippen molar-refractivity contribution in [1.29, 1.82) is 0 Å². The van der Waals surface area contributed by atoms with Crippen LogP contribution in [0.3, 0.4) is 0 Å². The number of aliphatic hydroxyl groups is 2. The molecule has 0 amide bonds. The van der Waals surface area contributed by atoms with Gasteiger partial charge in [-0.05, 0) is 55.8 Å². The van der Waals surface area contributed by atoms with Crippen molar-refractivity contribution in [2.75, 3.05) is 26.9 Å². The number of ether oxygens (including phenoxy) is 5. The molecule has 9 heteroatoms. The lowest BCUT2D eigenvalue weighted by molar-refractivity contribution is -0.310. The largest absolute Gasteiger partial charge is 0.481 e. The van der Waals surface area contributed by atoms with Gasteiger partial charge in [-0.3, -0.25) is 4.79 Å². The molecule has 2 saturated heterocycles. The smallest absolute Gasteiger partial charge is 0.315 e. The van der Waals surface area contributed by atoms with Crippen LogP contribution in [-0.2, 0) is 28.5 Å². The van der Waals surface area contributed by atoms with Gasteiger partial charge < -0.3 is 39.0 Å². The van der Waals surface area contributed by atoms with E-state index in [2.05, 4.69) is 26.8 Å². The maximum atomic E-state index is 13.9. The van der Waals surface area contributed by atoms with E-state index in [1.54, 1.807) is 6.92 Å². The average Bonchev–Trinajstić information content (AvgIpc) is 3.63. The molecular formula is C29H44O9. The van der Waals surface area contributed by atoms with Crippen LogP contribution in [0.2, 0.25) is 0 Å². The minimum atomic E-state index is -1.31. The van der Waals surface area contributed by atoms with E-state index in [9.17, 15) is 20.1 Å². The number of hydrogen-bond donors (Lipinski definition) is 3. The maximum absolute atomic E-state index is 13.9. The molecule has 0 aromatic heterocycles. The molecular weight excluding hydrogens is 492 g/mol. The molecule has 2 aliphatic heterocycles. The van der Waals surface area contributed by atoms with Crippen LogP contribution >= 0.6 is 0 Å².